The second-order valence-electron chi connectivity index (χ2n) is 6.03. The molecule has 0 fully saturated rings. The van der Waals surface area contributed by atoms with E-state index in [4.69, 9.17) is 0 Å². The van der Waals surface area contributed by atoms with Crippen molar-refractivity contribution in [3.05, 3.63) is 97.3 Å². The average Bonchev–Trinajstić information content (AvgIpc) is 2.65. The summed E-state index contributed by atoms with van der Waals surface area (Å²) in [5, 5.41) is 25.3. The van der Waals surface area contributed by atoms with E-state index in [9.17, 15) is 25.0 Å². The number of carbonyl (C=O) groups is 1. The molecule has 1 aliphatic heterocycles. The minimum atomic E-state index is -1.07. The van der Waals surface area contributed by atoms with Gasteiger partial charge in [-0.15, -0.1) is 0 Å². The third-order valence-electron chi connectivity index (χ3n) is 4.36. The van der Waals surface area contributed by atoms with Crippen molar-refractivity contribution in [1.29, 1.82) is 0 Å². The maximum Gasteiger partial charge on any atom is 0.323 e. The largest absolute Gasteiger partial charge is 0.323 e. The van der Waals surface area contributed by atoms with Crippen LogP contribution in [0.15, 0.2) is 66.0 Å². The molecule has 138 valence electrons. The molecule has 1 atom stereocenters. The Morgan fingerprint density at radius 3 is 2.37 bits per heavy atom. The number of amides is 2. The molecule has 1 N–H and O–H groups in total. The molecule has 3 rings (SSSR count). The molecular weight excluding hydrogens is 352 g/mol. The van der Waals surface area contributed by atoms with Crippen LogP contribution in [0.2, 0.25) is 0 Å². The van der Waals surface area contributed by atoms with Crippen LogP contribution in [-0.4, -0.2) is 20.8 Å². The molecular formula is C18H16N4O5. The van der Waals surface area contributed by atoms with Gasteiger partial charge in [0.15, 0.2) is 0 Å². The number of benzene rings is 2. The van der Waals surface area contributed by atoms with E-state index >= 15 is 0 Å². The zero-order chi connectivity index (χ0) is 19.6. The minimum absolute atomic E-state index is 0.178. The fraction of sp³-hybridized carbons (Fsp3) is 0.167. The van der Waals surface area contributed by atoms with Gasteiger partial charge in [0.2, 0.25) is 0 Å². The second-order valence-corrected chi connectivity index (χ2v) is 6.03. The Hall–Kier alpha value is -3.75. The summed E-state index contributed by atoms with van der Waals surface area (Å²) in [6.07, 6.45) is 0. The Bertz CT molecular complexity index is 942. The number of non-ortho nitro benzene ring substituents is 1. The summed E-state index contributed by atoms with van der Waals surface area (Å²) in [5.74, 6) is 0. The van der Waals surface area contributed by atoms with Crippen molar-refractivity contribution < 1.29 is 14.6 Å². The van der Waals surface area contributed by atoms with Gasteiger partial charge in [0, 0.05) is 12.1 Å². The molecule has 9 nitrogen and oxygen atoms in total. The maximum atomic E-state index is 12.6. The first-order valence-corrected chi connectivity index (χ1v) is 8.10. The molecule has 0 saturated heterocycles. The van der Waals surface area contributed by atoms with Crippen LogP contribution in [0.1, 0.15) is 24.1 Å². The number of nitro benzene ring substituents is 1. The summed E-state index contributed by atoms with van der Waals surface area (Å²) in [4.78, 5) is 35.5. The number of nitro groups is 2. The molecule has 2 aromatic carbocycles. The topological polar surface area (TPSA) is 119 Å². The van der Waals surface area contributed by atoms with Crippen molar-refractivity contribution in [1.82, 2.24) is 10.2 Å². The SMILES string of the molecule is CC1=C([N+](=O)[O-])C(c2cccc([N+](=O)[O-])c2)NC(=O)N1Cc1ccccc1. The summed E-state index contributed by atoms with van der Waals surface area (Å²) in [6, 6.07) is 13.0. The predicted octanol–water partition coefficient (Wildman–Crippen LogP) is 3.37. The lowest BCUT2D eigenvalue weighted by Gasteiger charge is -2.32. The quantitative estimate of drug-likeness (QED) is 0.641. The first-order chi connectivity index (χ1) is 12.9. The molecule has 1 aliphatic rings. The highest BCUT2D eigenvalue weighted by molar-refractivity contribution is 5.79. The Morgan fingerprint density at radius 2 is 1.74 bits per heavy atom. The number of hydrogen-bond acceptors (Lipinski definition) is 5. The number of nitrogens with zero attached hydrogens (tertiary/aromatic N) is 3. The Morgan fingerprint density at radius 1 is 1.04 bits per heavy atom. The van der Waals surface area contributed by atoms with Gasteiger partial charge in [0.1, 0.15) is 6.04 Å². The monoisotopic (exact) mass is 368 g/mol. The van der Waals surface area contributed by atoms with E-state index in [0.29, 0.717) is 0 Å². The fourth-order valence-corrected chi connectivity index (χ4v) is 3.02. The lowest BCUT2D eigenvalue weighted by Crippen LogP contribution is -2.47. The molecule has 0 aliphatic carbocycles. The third kappa shape index (κ3) is 3.61. The van der Waals surface area contributed by atoms with Gasteiger partial charge in [-0.2, -0.15) is 0 Å². The van der Waals surface area contributed by atoms with E-state index in [1.165, 1.54) is 36.1 Å². The number of allylic oxidation sites excluding steroid dienone is 1. The van der Waals surface area contributed by atoms with Gasteiger partial charge in [-0.1, -0.05) is 42.5 Å². The van der Waals surface area contributed by atoms with E-state index < -0.39 is 21.9 Å². The van der Waals surface area contributed by atoms with Crippen LogP contribution in [-0.2, 0) is 6.54 Å². The summed E-state index contributed by atoms with van der Waals surface area (Å²) in [6.45, 7) is 1.68. The molecule has 27 heavy (non-hydrogen) atoms. The van der Waals surface area contributed by atoms with E-state index in [0.717, 1.165) is 5.56 Å². The van der Waals surface area contributed by atoms with E-state index in [1.54, 1.807) is 0 Å². The summed E-state index contributed by atoms with van der Waals surface area (Å²) in [5.41, 5.74) is 0.885. The number of urea groups is 1. The van der Waals surface area contributed by atoms with E-state index in [2.05, 4.69) is 5.32 Å². The summed E-state index contributed by atoms with van der Waals surface area (Å²) >= 11 is 0. The number of carbonyl (C=O) groups excluding carboxylic acids is 1. The number of hydrogen-bond donors (Lipinski definition) is 1. The molecule has 0 bridgehead atoms. The highest BCUT2D eigenvalue weighted by Crippen LogP contribution is 2.32. The van der Waals surface area contributed by atoms with E-state index in [-0.39, 0.29) is 29.2 Å². The molecule has 0 saturated carbocycles. The van der Waals surface area contributed by atoms with Crippen molar-refractivity contribution in [2.75, 3.05) is 0 Å². The lowest BCUT2D eigenvalue weighted by atomic mass is 9.99. The first kappa shape index (κ1) is 18.1. The maximum absolute atomic E-state index is 12.6. The number of nitrogens with one attached hydrogen (secondary N) is 1. The average molecular weight is 368 g/mol. The van der Waals surface area contributed by atoms with Crippen molar-refractivity contribution in [3.8, 4) is 0 Å². The molecule has 2 aromatic rings. The van der Waals surface area contributed by atoms with Crippen molar-refractivity contribution in [2.24, 2.45) is 0 Å². The van der Waals surface area contributed by atoms with Gasteiger partial charge in [0.25, 0.3) is 11.4 Å². The molecule has 1 heterocycles. The smallest absolute Gasteiger partial charge is 0.321 e. The minimum Gasteiger partial charge on any atom is -0.321 e. The Balaban J connectivity index is 2.02. The van der Waals surface area contributed by atoms with Crippen molar-refractivity contribution >= 4 is 11.7 Å². The molecule has 0 aromatic heterocycles. The molecule has 2 amide bonds. The predicted molar refractivity (Wildman–Crippen MR) is 96.0 cm³/mol. The number of rotatable bonds is 5. The molecule has 9 heteroatoms. The normalized spacial score (nSPS) is 16.9. The van der Waals surface area contributed by atoms with Gasteiger partial charge in [-0.25, -0.2) is 4.79 Å². The third-order valence-corrected chi connectivity index (χ3v) is 4.36. The first-order valence-electron chi connectivity index (χ1n) is 8.10. The summed E-state index contributed by atoms with van der Waals surface area (Å²) in [7, 11) is 0. The Labute approximate surface area is 154 Å². The standard InChI is InChI=1S/C18H16N4O5/c1-12-17(22(26)27)16(14-8-5-9-15(10-14)21(24)25)19-18(23)20(12)11-13-6-3-2-4-7-13/h2-10,16H,11H2,1H3,(H,19,23). The highest BCUT2D eigenvalue weighted by atomic mass is 16.6. The van der Waals surface area contributed by atoms with Gasteiger partial charge >= 0.3 is 6.03 Å². The van der Waals surface area contributed by atoms with Crippen LogP contribution >= 0.6 is 0 Å². The Kier molecular flexibility index (Phi) is 4.84. The van der Waals surface area contributed by atoms with Gasteiger partial charge in [-0.3, -0.25) is 25.1 Å². The van der Waals surface area contributed by atoms with Gasteiger partial charge in [-0.05, 0) is 18.1 Å². The van der Waals surface area contributed by atoms with Crippen molar-refractivity contribution in [3.63, 3.8) is 0 Å². The van der Waals surface area contributed by atoms with Crippen LogP contribution in [0.4, 0.5) is 10.5 Å². The molecule has 1 unspecified atom stereocenters. The zero-order valence-corrected chi connectivity index (χ0v) is 14.4. The lowest BCUT2D eigenvalue weighted by molar-refractivity contribution is -0.433. The van der Waals surface area contributed by atoms with Gasteiger partial charge < -0.3 is 5.32 Å². The fourth-order valence-electron chi connectivity index (χ4n) is 3.02. The zero-order valence-electron chi connectivity index (χ0n) is 14.4. The van der Waals surface area contributed by atoms with Crippen LogP contribution in [0.25, 0.3) is 0 Å². The molecule has 0 radical (unpaired) electrons. The summed E-state index contributed by atoms with van der Waals surface area (Å²) < 4.78 is 0. The van der Waals surface area contributed by atoms with Gasteiger partial charge in [0.05, 0.1) is 22.1 Å². The molecule has 0 spiro atoms. The van der Waals surface area contributed by atoms with Crippen LogP contribution in [0.5, 0.6) is 0 Å². The van der Waals surface area contributed by atoms with Crippen molar-refractivity contribution in [2.45, 2.75) is 19.5 Å². The van der Waals surface area contributed by atoms with E-state index in [1.807, 2.05) is 30.3 Å². The van der Waals surface area contributed by atoms with Crippen LogP contribution in [0, 0.1) is 20.2 Å². The second kappa shape index (κ2) is 7.24. The van der Waals surface area contributed by atoms with Crippen LogP contribution < -0.4 is 5.32 Å². The highest BCUT2D eigenvalue weighted by Gasteiger charge is 2.39. The van der Waals surface area contributed by atoms with Crippen LogP contribution in [0.3, 0.4) is 0 Å².